The van der Waals surface area contributed by atoms with Crippen LogP contribution in [0.5, 0.6) is 0 Å². The van der Waals surface area contributed by atoms with Gasteiger partial charge in [-0.3, -0.25) is 24.2 Å². The number of hydrogen-bond acceptors (Lipinski definition) is 7. The van der Waals surface area contributed by atoms with E-state index in [0.717, 1.165) is 34.4 Å². The summed E-state index contributed by atoms with van der Waals surface area (Å²) >= 11 is 2.13. The largest absolute Gasteiger partial charge is 0.392 e. The molecule has 0 bridgehead atoms. The number of thioether (sulfide) groups is 2. The van der Waals surface area contributed by atoms with E-state index < -0.39 is 45.8 Å². The van der Waals surface area contributed by atoms with Gasteiger partial charge in [0, 0.05) is 29.8 Å². The number of para-hydroxylation sites is 2. The van der Waals surface area contributed by atoms with Crippen molar-refractivity contribution in [1.82, 2.24) is 14.8 Å². The Morgan fingerprint density at radius 2 is 1.73 bits per heavy atom. The second-order valence-electron chi connectivity index (χ2n) is 9.51. The zero-order chi connectivity index (χ0) is 26.3. The molecule has 3 aromatic rings. The van der Waals surface area contributed by atoms with E-state index in [-0.39, 0.29) is 0 Å². The second-order valence-corrected chi connectivity index (χ2v) is 11.6. The molecule has 2 saturated heterocycles. The number of aromatic nitrogens is 1. The maximum absolute atomic E-state index is 14.5. The first-order valence-electron chi connectivity index (χ1n) is 11.7. The maximum atomic E-state index is 14.5. The molecule has 4 heterocycles. The lowest BCUT2D eigenvalue weighted by Crippen LogP contribution is -2.76. The molecule has 2 fully saturated rings. The zero-order valence-electron chi connectivity index (χ0n) is 20.4. The number of fused-ring (bicyclic) bond motifs is 6. The molecule has 9 nitrogen and oxygen atoms in total. The van der Waals surface area contributed by atoms with Gasteiger partial charge in [-0.25, -0.2) is 0 Å². The minimum atomic E-state index is -1.74. The fraction of sp³-hybridized carbons (Fsp3) is 0.346. The van der Waals surface area contributed by atoms with Crippen molar-refractivity contribution < 1.29 is 24.6 Å². The van der Waals surface area contributed by atoms with E-state index in [1.807, 2.05) is 36.4 Å². The van der Waals surface area contributed by atoms with Crippen LogP contribution in [0.2, 0.25) is 0 Å². The molecule has 11 heteroatoms. The lowest BCUT2D eigenvalue weighted by Gasteiger charge is -2.54. The Morgan fingerprint density at radius 3 is 2.41 bits per heavy atom. The molecular weight excluding hydrogens is 512 g/mol. The number of hydrogen-bond donors (Lipinski definition) is 3. The molecule has 1 aromatic heterocycles. The molecule has 0 spiro atoms. The van der Waals surface area contributed by atoms with E-state index in [2.05, 4.69) is 4.98 Å². The third-order valence-electron chi connectivity index (χ3n) is 8.42. The highest BCUT2D eigenvalue weighted by atomic mass is 32.2. The Hall–Kier alpha value is -2.99. The van der Waals surface area contributed by atoms with Crippen molar-refractivity contribution in [2.75, 3.05) is 31.1 Å². The van der Waals surface area contributed by atoms with Gasteiger partial charge in [0.05, 0.1) is 12.0 Å². The molecule has 37 heavy (non-hydrogen) atoms. The number of benzene rings is 2. The van der Waals surface area contributed by atoms with Crippen LogP contribution in [-0.2, 0) is 19.8 Å². The van der Waals surface area contributed by atoms with E-state index in [0.29, 0.717) is 23.2 Å². The first kappa shape index (κ1) is 24.4. The SMILES string of the molecule is CSC1(CO)C(=O)N2C3N(C=O)c4ccccc4C3(c3c[nH]c4ccccc34)C(O)C2(SC)C(=O)N1C. The lowest BCUT2D eigenvalue weighted by atomic mass is 9.70. The summed E-state index contributed by atoms with van der Waals surface area (Å²) in [4.78, 5) is 45.5. The van der Waals surface area contributed by atoms with Gasteiger partial charge in [0.2, 0.25) is 6.41 Å². The number of amides is 3. The summed E-state index contributed by atoms with van der Waals surface area (Å²) in [5, 5.41) is 23.8. The Morgan fingerprint density at radius 1 is 1.03 bits per heavy atom. The minimum absolute atomic E-state index is 0.507. The van der Waals surface area contributed by atoms with Crippen LogP contribution in [0, 0.1) is 0 Å². The van der Waals surface area contributed by atoms with Crippen LogP contribution in [0.25, 0.3) is 10.9 Å². The summed E-state index contributed by atoms with van der Waals surface area (Å²) in [6.45, 7) is -0.618. The van der Waals surface area contributed by atoms with Gasteiger partial charge in [-0.15, -0.1) is 23.5 Å². The highest BCUT2D eigenvalue weighted by Gasteiger charge is 2.80. The quantitative estimate of drug-likeness (QED) is 0.422. The first-order chi connectivity index (χ1) is 17.8. The third kappa shape index (κ3) is 2.49. The number of anilines is 1. The number of likely N-dealkylation sites (N-methyl/N-ethyl adjacent to an activating group) is 1. The summed E-state index contributed by atoms with van der Waals surface area (Å²) in [5.41, 5.74) is 1.36. The van der Waals surface area contributed by atoms with Crippen LogP contribution < -0.4 is 4.90 Å². The molecule has 3 N–H and O–H groups in total. The van der Waals surface area contributed by atoms with Crippen LogP contribution in [0.4, 0.5) is 5.69 Å². The molecule has 5 unspecified atom stereocenters. The Balaban J connectivity index is 1.76. The third-order valence-corrected chi connectivity index (χ3v) is 10.9. The Bertz CT molecular complexity index is 1460. The molecule has 3 aliphatic heterocycles. The smallest absolute Gasteiger partial charge is 0.264 e. The Kier molecular flexibility index (Phi) is 5.27. The van der Waals surface area contributed by atoms with E-state index in [4.69, 9.17) is 0 Å². The predicted octanol–water partition coefficient (Wildman–Crippen LogP) is 1.54. The average Bonchev–Trinajstić information content (AvgIpc) is 3.55. The van der Waals surface area contributed by atoms with E-state index in [9.17, 15) is 24.6 Å². The monoisotopic (exact) mass is 538 g/mol. The van der Waals surface area contributed by atoms with Gasteiger partial charge < -0.3 is 20.1 Å². The standard InChI is InChI=1S/C26H26N4O5S2/c1-28-23(35)26(37-3)20(33)25(17-12-27-18-10-6-4-8-15(17)18)16-9-5-7-11-19(16)29(14-32)21(25)30(26)22(34)24(28,13-31)36-2/h4-12,14,20-21,27,31,33H,13H2,1-3H3. The van der Waals surface area contributed by atoms with Crippen molar-refractivity contribution in [2.24, 2.45) is 0 Å². The predicted molar refractivity (Wildman–Crippen MR) is 143 cm³/mol. The molecule has 3 aliphatic rings. The van der Waals surface area contributed by atoms with E-state index in [1.165, 1.54) is 21.7 Å². The fourth-order valence-electron chi connectivity index (χ4n) is 6.71. The number of carbonyl (C=O) groups is 3. The van der Waals surface area contributed by atoms with Gasteiger partial charge in [0.15, 0.2) is 9.74 Å². The number of nitrogens with zero attached hydrogens (tertiary/aromatic N) is 3. The van der Waals surface area contributed by atoms with Crippen molar-refractivity contribution in [2.45, 2.75) is 27.4 Å². The molecule has 0 saturated carbocycles. The number of piperazine rings is 1. The van der Waals surface area contributed by atoms with Crippen molar-refractivity contribution in [3.05, 3.63) is 65.9 Å². The van der Waals surface area contributed by atoms with Crippen LogP contribution in [0.3, 0.4) is 0 Å². The number of nitrogens with one attached hydrogen (secondary N) is 1. The first-order valence-corrected chi connectivity index (χ1v) is 14.2. The number of aliphatic hydroxyl groups is 2. The van der Waals surface area contributed by atoms with Gasteiger partial charge in [-0.05, 0) is 35.8 Å². The number of carbonyl (C=O) groups excluding carboxylic acids is 3. The van der Waals surface area contributed by atoms with Gasteiger partial charge in [-0.1, -0.05) is 36.4 Å². The molecule has 2 aromatic carbocycles. The highest BCUT2D eigenvalue weighted by Crippen LogP contribution is 2.65. The van der Waals surface area contributed by atoms with Gasteiger partial charge in [0.25, 0.3) is 11.8 Å². The summed E-state index contributed by atoms with van der Waals surface area (Å²) in [6, 6.07) is 14.9. The molecule has 0 aliphatic carbocycles. The average molecular weight is 539 g/mol. The normalized spacial score (nSPS) is 32.6. The van der Waals surface area contributed by atoms with E-state index in [1.54, 1.807) is 30.8 Å². The molecule has 192 valence electrons. The van der Waals surface area contributed by atoms with Gasteiger partial charge in [-0.2, -0.15) is 0 Å². The minimum Gasteiger partial charge on any atom is -0.392 e. The van der Waals surface area contributed by atoms with Crippen LogP contribution >= 0.6 is 23.5 Å². The second kappa shape index (κ2) is 8.00. The summed E-state index contributed by atoms with van der Waals surface area (Å²) in [5.74, 6) is -1.04. The molecule has 0 radical (unpaired) electrons. The summed E-state index contributed by atoms with van der Waals surface area (Å²) < 4.78 is 0. The molecular formula is C26H26N4O5S2. The van der Waals surface area contributed by atoms with Crippen molar-refractivity contribution >= 4 is 58.3 Å². The van der Waals surface area contributed by atoms with Crippen molar-refractivity contribution in [3.8, 4) is 0 Å². The van der Waals surface area contributed by atoms with Crippen LogP contribution in [-0.4, -0.2) is 91.4 Å². The summed E-state index contributed by atoms with van der Waals surface area (Å²) in [6.07, 6.45) is 3.31. The van der Waals surface area contributed by atoms with Crippen molar-refractivity contribution in [3.63, 3.8) is 0 Å². The number of H-pyrrole nitrogens is 1. The van der Waals surface area contributed by atoms with Crippen LogP contribution in [0.15, 0.2) is 54.7 Å². The number of aromatic amines is 1. The number of rotatable bonds is 5. The topological polar surface area (TPSA) is 117 Å². The Labute approximate surface area is 221 Å². The van der Waals surface area contributed by atoms with Gasteiger partial charge >= 0.3 is 0 Å². The lowest BCUT2D eigenvalue weighted by molar-refractivity contribution is -0.169. The molecule has 6 rings (SSSR count). The number of aliphatic hydroxyl groups excluding tert-OH is 2. The molecule has 5 atom stereocenters. The molecule has 3 amide bonds. The van der Waals surface area contributed by atoms with Crippen LogP contribution in [0.1, 0.15) is 11.1 Å². The highest BCUT2D eigenvalue weighted by molar-refractivity contribution is 8.01. The van der Waals surface area contributed by atoms with Gasteiger partial charge in [0.1, 0.15) is 12.3 Å². The fourth-order valence-corrected chi connectivity index (χ4v) is 8.57. The maximum Gasteiger partial charge on any atom is 0.264 e. The van der Waals surface area contributed by atoms with E-state index >= 15 is 0 Å². The van der Waals surface area contributed by atoms with Crippen molar-refractivity contribution in [1.29, 1.82) is 0 Å². The zero-order valence-corrected chi connectivity index (χ0v) is 22.0. The summed E-state index contributed by atoms with van der Waals surface area (Å²) in [7, 11) is 1.48.